The molecule has 2 aromatic rings. The SMILES string of the molecule is CCCCCCCCc1nnc(NC(=O)C2CCCN(C(=O)c3ccco3)C2)s1. The van der Waals surface area contributed by atoms with E-state index in [9.17, 15) is 9.59 Å². The van der Waals surface area contributed by atoms with Crippen LogP contribution >= 0.6 is 11.3 Å². The Morgan fingerprint density at radius 1 is 1.24 bits per heavy atom. The Balaban J connectivity index is 1.44. The fourth-order valence-electron chi connectivity index (χ4n) is 3.60. The third-order valence-electron chi connectivity index (χ3n) is 5.25. The highest BCUT2D eigenvalue weighted by Crippen LogP contribution is 2.23. The molecule has 1 aliphatic heterocycles. The van der Waals surface area contributed by atoms with E-state index in [1.54, 1.807) is 17.0 Å². The van der Waals surface area contributed by atoms with Gasteiger partial charge in [0.15, 0.2) is 5.76 Å². The van der Waals surface area contributed by atoms with E-state index < -0.39 is 0 Å². The first-order chi connectivity index (χ1) is 14.2. The predicted molar refractivity (Wildman–Crippen MR) is 113 cm³/mol. The van der Waals surface area contributed by atoms with Gasteiger partial charge in [0.2, 0.25) is 11.0 Å². The van der Waals surface area contributed by atoms with Gasteiger partial charge in [-0.1, -0.05) is 50.4 Å². The Hall–Kier alpha value is -2.22. The highest BCUT2D eigenvalue weighted by Gasteiger charge is 2.30. The Labute approximate surface area is 175 Å². The molecule has 29 heavy (non-hydrogen) atoms. The summed E-state index contributed by atoms with van der Waals surface area (Å²) in [4.78, 5) is 26.8. The van der Waals surface area contributed by atoms with Crippen molar-refractivity contribution in [2.45, 2.75) is 64.7 Å². The molecule has 1 saturated heterocycles. The van der Waals surface area contributed by atoms with Crippen LogP contribution in [0.5, 0.6) is 0 Å². The number of aromatic nitrogens is 2. The lowest BCUT2D eigenvalue weighted by Crippen LogP contribution is -2.43. The molecule has 7 nitrogen and oxygen atoms in total. The van der Waals surface area contributed by atoms with Crippen LogP contribution in [0.4, 0.5) is 5.13 Å². The van der Waals surface area contributed by atoms with E-state index in [0.717, 1.165) is 30.7 Å². The van der Waals surface area contributed by atoms with Crippen molar-refractivity contribution < 1.29 is 14.0 Å². The number of amides is 2. The summed E-state index contributed by atoms with van der Waals surface area (Å²) < 4.78 is 5.19. The lowest BCUT2D eigenvalue weighted by atomic mass is 9.97. The van der Waals surface area contributed by atoms with Gasteiger partial charge in [-0.15, -0.1) is 10.2 Å². The molecule has 0 saturated carbocycles. The van der Waals surface area contributed by atoms with E-state index in [-0.39, 0.29) is 17.7 Å². The Kier molecular flexibility index (Phi) is 8.22. The summed E-state index contributed by atoms with van der Waals surface area (Å²) in [5.74, 6) is -0.183. The van der Waals surface area contributed by atoms with E-state index in [4.69, 9.17) is 4.42 Å². The molecule has 1 aliphatic rings. The molecule has 1 unspecified atom stereocenters. The first kappa shape index (κ1) is 21.5. The normalized spacial score (nSPS) is 16.7. The number of hydrogen-bond donors (Lipinski definition) is 1. The topological polar surface area (TPSA) is 88.3 Å². The fourth-order valence-corrected chi connectivity index (χ4v) is 4.39. The van der Waals surface area contributed by atoms with Crippen molar-refractivity contribution in [3.8, 4) is 0 Å². The maximum atomic E-state index is 12.7. The van der Waals surface area contributed by atoms with Crippen LogP contribution in [0.1, 0.15) is 73.9 Å². The number of furan rings is 1. The summed E-state index contributed by atoms with van der Waals surface area (Å²) in [7, 11) is 0. The van der Waals surface area contributed by atoms with Crippen LogP contribution in [0.3, 0.4) is 0 Å². The standard InChI is InChI=1S/C21H30N4O3S/c1-2-3-4-5-6-7-12-18-23-24-21(29-18)22-19(26)16-10-8-13-25(15-16)20(27)17-11-9-14-28-17/h9,11,14,16H,2-8,10,12-13,15H2,1H3,(H,22,24,26). The van der Waals surface area contributed by atoms with E-state index in [0.29, 0.717) is 24.0 Å². The molecule has 0 radical (unpaired) electrons. The number of hydrogen-bond acceptors (Lipinski definition) is 6. The van der Waals surface area contributed by atoms with Gasteiger partial charge in [0, 0.05) is 19.5 Å². The van der Waals surface area contributed by atoms with Gasteiger partial charge in [0.1, 0.15) is 5.01 Å². The second-order valence-electron chi connectivity index (χ2n) is 7.58. The van der Waals surface area contributed by atoms with Crippen molar-refractivity contribution in [2.75, 3.05) is 18.4 Å². The van der Waals surface area contributed by atoms with Crippen LogP contribution in [0.2, 0.25) is 0 Å². The monoisotopic (exact) mass is 418 g/mol. The highest BCUT2D eigenvalue weighted by molar-refractivity contribution is 7.15. The minimum Gasteiger partial charge on any atom is -0.459 e. The van der Waals surface area contributed by atoms with Crippen molar-refractivity contribution in [2.24, 2.45) is 5.92 Å². The molecule has 0 spiro atoms. The van der Waals surface area contributed by atoms with Crippen LogP contribution in [-0.4, -0.2) is 40.0 Å². The van der Waals surface area contributed by atoms with Crippen molar-refractivity contribution in [3.63, 3.8) is 0 Å². The second-order valence-corrected chi connectivity index (χ2v) is 8.64. The van der Waals surface area contributed by atoms with Crippen molar-refractivity contribution in [1.29, 1.82) is 0 Å². The van der Waals surface area contributed by atoms with Gasteiger partial charge >= 0.3 is 0 Å². The molecule has 8 heteroatoms. The van der Waals surface area contributed by atoms with Crippen molar-refractivity contribution >= 4 is 28.3 Å². The lowest BCUT2D eigenvalue weighted by molar-refractivity contribution is -0.121. The average Bonchev–Trinajstić information content (AvgIpc) is 3.42. The van der Waals surface area contributed by atoms with Crippen LogP contribution in [0.25, 0.3) is 0 Å². The minimum atomic E-state index is -0.242. The molecule has 1 N–H and O–H groups in total. The maximum Gasteiger partial charge on any atom is 0.289 e. The van der Waals surface area contributed by atoms with Crippen LogP contribution in [-0.2, 0) is 11.2 Å². The number of nitrogens with one attached hydrogen (secondary N) is 1. The molecule has 3 heterocycles. The van der Waals surface area contributed by atoms with Gasteiger partial charge in [0.25, 0.3) is 5.91 Å². The summed E-state index contributed by atoms with van der Waals surface area (Å²) in [5, 5.41) is 12.7. The second kappa shape index (κ2) is 11.1. The summed E-state index contributed by atoms with van der Waals surface area (Å²) >= 11 is 1.45. The zero-order valence-corrected chi connectivity index (χ0v) is 17.9. The van der Waals surface area contributed by atoms with E-state index in [1.165, 1.54) is 49.7 Å². The highest BCUT2D eigenvalue weighted by atomic mass is 32.1. The zero-order chi connectivity index (χ0) is 20.5. The number of nitrogens with zero attached hydrogens (tertiary/aromatic N) is 3. The van der Waals surface area contributed by atoms with E-state index in [1.807, 2.05) is 0 Å². The zero-order valence-electron chi connectivity index (χ0n) is 17.1. The smallest absolute Gasteiger partial charge is 0.289 e. The number of anilines is 1. The molecule has 2 aromatic heterocycles. The Morgan fingerprint density at radius 3 is 2.86 bits per heavy atom. The van der Waals surface area contributed by atoms with Gasteiger partial charge in [0.05, 0.1) is 12.2 Å². The molecule has 0 aliphatic carbocycles. The first-order valence-electron chi connectivity index (χ1n) is 10.6. The Bertz CT molecular complexity index is 775. The van der Waals surface area contributed by atoms with Crippen LogP contribution < -0.4 is 5.32 Å². The summed E-state index contributed by atoms with van der Waals surface area (Å²) in [6.45, 7) is 3.26. The quantitative estimate of drug-likeness (QED) is 0.573. The number of aryl methyl sites for hydroxylation is 1. The van der Waals surface area contributed by atoms with Gasteiger partial charge in [-0.2, -0.15) is 0 Å². The third kappa shape index (κ3) is 6.39. The summed E-state index contributed by atoms with van der Waals surface area (Å²) in [6.07, 6.45) is 11.4. The van der Waals surface area contributed by atoms with Crippen molar-refractivity contribution in [3.05, 3.63) is 29.2 Å². The third-order valence-corrected chi connectivity index (χ3v) is 6.15. The number of piperidine rings is 1. The maximum absolute atomic E-state index is 12.7. The predicted octanol–water partition coefficient (Wildman–Crippen LogP) is 4.53. The molecular formula is C21H30N4O3S. The summed E-state index contributed by atoms with van der Waals surface area (Å²) in [5.41, 5.74) is 0. The van der Waals surface area contributed by atoms with E-state index >= 15 is 0 Å². The lowest BCUT2D eigenvalue weighted by Gasteiger charge is -2.31. The minimum absolute atomic E-state index is 0.0933. The van der Waals surface area contributed by atoms with Crippen LogP contribution in [0, 0.1) is 5.92 Å². The molecule has 0 bridgehead atoms. The number of unbranched alkanes of at least 4 members (excludes halogenated alkanes) is 5. The summed E-state index contributed by atoms with van der Waals surface area (Å²) in [6, 6.07) is 3.35. The molecule has 2 amide bonds. The fraction of sp³-hybridized carbons (Fsp3) is 0.619. The molecule has 0 aromatic carbocycles. The number of likely N-dealkylation sites (tertiary alicyclic amines) is 1. The van der Waals surface area contributed by atoms with Crippen molar-refractivity contribution in [1.82, 2.24) is 15.1 Å². The number of rotatable bonds is 10. The number of carbonyl (C=O) groups is 2. The number of carbonyl (C=O) groups excluding carboxylic acids is 2. The molecule has 1 atom stereocenters. The average molecular weight is 419 g/mol. The first-order valence-corrected chi connectivity index (χ1v) is 11.4. The molecule has 3 rings (SSSR count). The van der Waals surface area contributed by atoms with E-state index in [2.05, 4.69) is 22.4 Å². The molecule has 1 fully saturated rings. The largest absolute Gasteiger partial charge is 0.459 e. The molecule has 158 valence electrons. The van der Waals surface area contributed by atoms with Gasteiger partial charge < -0.3 is 14.6 Å². The Morgan fingerprint density at radius 2 is 2.07 bits per heavy atom. The van der Waals surface area contributed by atoms with Gasteiger partial charge in [-0.25, -0.2) is 0 Å². The van der Waals surface area contributed by atoms with Gasteiger partial charge in [-0.3, -0.25) is 9.59 Å². The molecular weight excluding hydrogens is 388 g/mol. The van der Waals surface area contributed by atoms with Gasteiger partial charge in [-0.05, 0) is 31.4 Å². The van der Waals surface area contributed by atoms with Crippen LogP contribution in [0.15, 0.2) is 22.8 Å².